The van der Waals surface area contributed by atoms with Crippen LogP contribution in [-0.4, -0.2) is 39.0 Å². The Bertz CT molecular complexity index is 855. The highest BCUT2D eigenvalue weighted by Gasteiger charge is 2.27. The summed E-state index contributed by atoms with van der Waals surface area (Å²) in [6.07, 6.45) is -3.48. The molecular weight excluding hydrogens is 399 g/mol. The number of aliphatic imine (C=N–C) groups is 1. The molecule has 0 unspecified atom stereocenters. The molecule has 0 atom stereocenters. The average molecular weight is 423 g/mol. The molecule has 3 rings (SSSR count). The van der Waals surface area contributed by atoms with Crippen molar-refractivity contribution in [1.82, 2.24) is 5.32 Å². The molecule has 162 valence electrons. The highest BCUT2D eigenvalue weighted by atomic mass is 19.4. The van der Waals surface area contributed by atoms with Gasteiger partial charge >= 0.3 is 6.18 Å². The second-order valence-corrected chi connectivity index (χ2v) is 6.69. The Balaban J connectivity index is 1.50. The first-order valence-corrected chi connectivity index (χ1v) is 9.52. The Kier molecular flexibility index (Phi) is 7.40. The van der Waals surface area contributed by atoms with Crippen molar-refractivity contribution in [2.75, 3.05) is 32.2 Å². The lowest BCUT2D eigenvalue weighted by Crippen LogP contribution is -2.30. The van der Waals surface area contributed by atoms with Gasteiger partial charge in [0, 0.05) is 31.8 Å². The van der Waals surface area contributed by atoms with Crippen molar-refractivity contribution in [2.45, 2.75) is 25.7 Å². The third-order valence-corrected chi connectivity index (χ3v) is 4.25. The molecule has 1 heterocycles. The molecule has 2 N–H and O–H groups in total. The Morgan fingerprint density at radius 1 is 1.03 bits per heavy atom. The normalized spacial score (nSPS) is 14.2. The van der Waals surface area contributed by atoms with Crippen molar-refractivity contribution in [1.29, 1.82) is 0 Å². The maximum Gasteiger partial charge on any atom is 0.411 e. The van der Waals surface area contributed by atoms with E-state index in [0.29, 0.717) is 37.0 Å². The first kappa shape index (κ1) is 21.8. The molecular formula is C21H24F3N3O3. The summed E-state index contributed by atoms with van der Waals surface area (Å²) in [6, 6.07) is 12.8. The minimum atomic E-state index is -4.32. The molecule has 30 heavy (non-hydrogen) atoms. The quantitative estimate of drug-likeness (QED) is 0.541. The number of hydrogen-bond acceptors (Lipinski definition) is 4. The molecule has 0 aromatic heterocycles. The molecule has 0 saturated heterocycles. The van der Waals surface area contributed by atoms with Gasteiger partial charge < -0.3 is 24.8 Å². The van der Waals surface area contributed by atoms with Crippen molar-refractivity contribution in [3.8, 4) is 11.5 Å². The van der Waals surface area contributed by atoms with Crippen molar-refractivity contribution in [2.24, 2.45) is 4.99 Å². The van der Waals surface area contributed by atoms with Crippen LogP contribution in [-0.2, 0) is 17.9 Å². The van der Waals surface area contributed by atoms with E-state index in [1.165, 1.54) is 0 Å². The third kappa shape index (κ3) is 6.84. The predicted molar refractivity (Wildman–Crippen MR) is 108 cm³/mol. The standard InChI is InChI=1S/C21H24F3N3O3/c1-25-20(27-17-7-8-18-19(11-17)30-10-2-9-29-18)26-12-15-3-5-16(6-4-15)13-28-14-21(22,23)24/h3-8,11H,2,9-10,12-14H2,1H3,(H2,25,26,27). The molecule has 6 nitrogen and oxygen atoms in total. The second-order valence-electron chi connectivity index (χ2n) is 6.69. The number of anilines is 1. The highest BCUT2D eigenvalue weighted by Crippen LogP contribution is 2.32. The SMILES string of the molecule is CN=C(NCc1ccc(COCC(F)(F)F)cc1)Nc1ccc2c(c1)OCCCO2. The minimum absolute atomic E-state index is 0.0828. The summed E-state index contributed by atoms with van der Waals surface area (Å²) in [7, 11) is 1.67. The van der Waals surface area contributed by atoms with Gasteiger partial charge in [-0.3, -0.25) is 4.99 Å². The Morgan fingerprint density at radius 3 is 2.43 bits per heavy atom. The van der Waals surface area contributed by atoms with Gasteiger partial charge in [0.15, 0.2) is 17.5 Å². The minimum Gasteiger partial charge on any atom is -0.490 e. The van der Waals surface area contributed by atoms with Gasteiger partial charge in [0.1, 0.15) is 6.61 Å². The summed E-state index contributed by atoms with van der Waals surface area (Å²) in [4.78, 5) is 4.21. The maximum absolute atomic E-state index is 12.1. The Morgan fingerprint density at radius 2 is 1.73 bits per heavy atom. The zero-order valence-corrected chi connectivity index (χ0v) is 16.6. The molecule has 1 aliphatic rings. The summed E-state index contributed by atoms with van der Waals surface area (Å²) in [6.45, 7) is 0.406. The van der Waals surface area contributed by atoms with Crippen LogP contribution in [0.25, 0.3) is 0 Å². The summed E-state index contributed by atoms with van der Waals surface area (Å²) in [5, 5.41) is 6.40. The molecule has 0 radical (unpaired) electrons. The molecule has 0 fully saturated rings. The Labute approximate surface area is 173 Å². The van der Waals surface area contributed by atoms with Gasteiger partial charge in [-0.15, -0.1) is 0 Å². The van der Waals surface area contributed by atoms with E-state index in [2.05, 4.69) is 20.4 Å². The van der Waals surface area contributed by atoms with E-state index in [0.717, 1.165) is 23.4 Å². The molecule has 0 aliphatic carbocycles. The molecule has 0 amide bonds. The fourth-order valence-corrected chi connectivity index (χ4v) is 2.78. The van der Waals surface area contributed by atoms with Crippen LogP contribution in [0.1, 0.15) is 17.5 Å². The highest BCUT2D eigenvalue weighted by molar-refractivity contribution is 5.93. The number of alkyl halides is 3. The number of halogens is 3. The van der Waals surface area contributed by atoms with E-state index in [9.17, 15) is 13.2 Å². The number of benzene rings is 2. The summed E-state index contributed by atoms with van der Waals surface area (Å²) < 4.78 is 52.4. The van der Waals surface area contributed by atoms with Crippen LogP contribution in [0.5, 0.6) is 11.5 Å². The molecule has 2 aromatic rings. The zero-order chi connectivity index (χ0) is 21.4. The molecule has 0 spiro atoms. The number of nitrogens with zero attached hydrogens (tertiary/aromatic N) is 1. The van der Waals surface area contributed by atoms with Gasteiger partial charge in [-0.05, 0) is 23.3 Å². The number of guanidine groups is 1. The van der Waals surface area contributed by atoms with Gasteiger partial charge in [0.2, 0.25) is 0 Å². The molecule has 1 aliphatic heterocycles. The van der Waals surface area contributed by atoms with Crippen LogP contribution in [0.4, 0.5) is 18.9 Å². The van der Waals surface area contributed by atoms with Gasteiger partial charge in [-0.1, -0.05) is 24.3 Å². The van der Waals surface area contributed by atoms with Crippen LogP contribution >= 0.6 is 0 Å². The van der Waals surface area contributed by atoms with Crippen molar-refractivity contribution < 1.29 is 27.4 Å². The topological polar surface area (TPSA) is 64.1 Å². The summed E-state index contributed by atoms with van der Waals surface area (Å²) in [5.74, 6) is 1.98. The van der Waals surface area contributed by atoms with E-state index in [4.69, 9.17) is 9.47 Å². The van der Waals surface area contributed by atoms with Gasteiger partial charge in [-0.2, -0.15) is 13.2 Å². The summed E-state index contributed by atoms with van der Waals surface area (Å²) in [5.41, 5.74) is 2.44. The van der Waals surface area contributed by atoms with Crippen LogP contribution in [0.2, 0.25) is 0 Å². The lowest BCUT2D eigenvalue weighted by Gasteiger charge is -2.14. The van der Waals surface area contributed by atoms with E-state index < -0.39 is 12.8 Å². The lowest BCUT2D eigenvalue weighted by molar-refractivity contribution is -0.176. The fraction of sp³-hybridized carbons (Fsp3) is 0.381. The second kappa shape index (κ2) is 10.2. The fourth-order valence-electron chi connectivity index (χ4n) is 2.78. The zero-order valence-electron chi connectivity index (χ0n) is 16.6. The first-order valence-electron chi connectivity index (χ1n) is 9.52. The third-order valence-electron chi connectivity index (χ3n) is 4.25. The largest absolute Gasteiger partial charge is 0.490 e. The average Bonchev–Trinajstić information content (AvgIpc) is 2.96. The van der Waals surface area contributed by atoms with Crippen LogP contribution in [0.3, 0.4) is 0 Å². The molecule has 0 bridgehead atoms. The molecule has 2 aromatic carbocycles. The number of fused-ring (bicyclic) bond motifs is 1. The Hall–Kier alpha value is -2.94. The smallest absolute Gasteiger partial charge is 0.411 e. The van der Waals surface area contributed by atoms with E-state index in [1.807, 2.05) is 30.3 Å². The molecule has 0 saturated carbocycles. The predicted octanol–water partition coefficient (Wildman–Crippen LogP) is 4.11. The monoisotopic (exact) mass is 423 g/mol. The van der Waals surface area contributed by atoms with Crippen molar-refractivity contribution >= 4 is 11.6 Å². The van der Waals surface area contributed by atoms with E-state index in [1.54, 1.807) is 19.2 Å². The van der Waals surface area contributed by atoms with Crippen molar-refractivity contribution in [3.05, 3.63) is 53.6 Å². The van der Waals surface area contributed by atoms with Crippen LogP contribution < -0.4 is 20.1 Å². The first-order chi connectivity index (χ1) is 14.4. The van der Waals surface area contributed by atoms with Gasteiger partial charge in [0.05, 0.1) is 19.8 Å². The van der Waals surface area contributed by atoms with E-state index in [-0.39, 0.29) is 6.61 Å². The number of nitrogens with one attached hydrogen (secondary N) is 2. The van der Waals surface area contributed by atoms with Crippen LogP contribution in [0, 0.1) is 0 Å². The van der Waals surface area contributed by atoms with Crippen molar-refractivity contribution in [3.63, 3.8) is 0 Å². The maximum atomic E-state index is 12.1. The lowest BCUT2D eigenvalue weighted by atomic mass is 10.1. The van der Waals surface area contributed by atoms with Gasteiger partial charge in [0.25, 0.3) is 0 Å². The molecule has 9 heteroatoms. The number of ether oxygens (including phenoxy) is 3. The number of rotatable bonds is 6. The summed E-state index contributed by atoms with van der Waals surface area (Å²) >= 11 is 0. The van der Waals surface area contributed by atoms with Gasteiger partial charge in [-0.25, -0.2) is 0 Å². The van der Waals surface area contributed by atoms with E-state index >= 15 is 0 Å². The van der Waals surface area contributed by atoms with Crippen LogP contribution in [0.15, 0.2) is 47.5 Å². The number of hydrogen-bond donors (Lipinski definition) is 2.